The van der Waals surface area contributed by atoms with Gasteiger partial charge in [0.15, 0.2) is 11.8 Å². The van der Waals surface area contributed by atoms with Crippen molar-refractivity contribution in [2.75, 3.05) is 19.6 Å². The van der Waals surface area contributed by atoms with Crippen LogP contribution in [0.15, 0.2) is 9.52 Å². The SMILES string of the molecule is CCCC(O)(CCC)CN=C(NCC)NCCc1nc(C)no1. The van der Waals surface area contributed by atoms with Crippen molar-refractivity contribution in [3.63, 3.8) is 0 Å². The van der Waals surface area contributed by atoms with E-state index in [4.69, 9.17) is 4.52 Å². The summed E-state index contributed by atoms with van der Waals surface area (Å²) < 4.78 is 5.08. The average Bonchev–Trinajstić information content (AvgIpc) is 2.91. The van der Waals surface area contributed by atoms with Crippen LogP contribution in [0.25, 0.3) is 0 Å². The first-order valence-electron chi connectivity index (χ1n) is 8.56. The maximum absolute atomic E-state index is 10.6. The first kappa shape index (κ1) is 19.4. The molecule has 23 heavy (non-hydrogen) atoms. The number of guanidine groups is 1. The molecule has 0 spiro atoms. The van der Waals surface area contributed by atoms with Crippen molar-refractivity contribution in [1.29, 1.82) is 0 Å². The third kappa shape index (κ3) is 7.45. The molecule has 1 aromatic rings. The molecule has 0 aromatic carbocycles. The predicted octanol–water partition coefficient (Wildman–Crippen LogP) is 1.81. The van der Waals surface area contributed by atoms with Crippen LogP contribution in [0.2, 0.25) is 0 Å². The Morgan fingerprint density at radius 3 is 2.43 bits per heavy atom. The molecular weight excluding hydrogens is 294 g/mol. The molecule has 132 valence electrons. The van der Waals surface area contributed by atoms with E-state index in [0.717, 1.165) is 32.2 Å². The monoisotopic (exact) mass is 325 g/mol. The van der Waals surface area contributed by atoms with Crippen LogP contribution in [0.5, 0.6) is 0 Å². The van der Waals surface area contributed by atoms with E-state index in [1.54, 1.807) is 6.92 Å². The molecule has 7 nitrogen and oxygen atoms in total. The van der Waals surface area contributed by atoms with E-state index in [9.17, 15) is 5.11 Å². The highest BCUT2D eigenvalue weighted by atomic mass is 16.5. The van der Waals surface area contributed by atoms with Gasteiger partial charge < -0.3 is 20.3 Å². The number of rotatable bonds is 10. The van der Waals surface area contributed by atoms with Gasteiger partial charge in [0.2, 0.25) is 5.89 Å². The van der Waals surface area contributed by atoms with Crippen molar-refractivity contribution < 1.29 is 9.63 Å². The van der Waals surface area contributed by atoms with Crippen molar-refractivity contribution in [2.45, 2.75) is 65.4 Å². The molecule has 1 rings (SSSR count). The summed E-state index contributed by atoms with van der Waals surface area (Å²) in [5, 5.41) is 20.8. The van der Waals surface area contributed by atoms with Gasteiger partial charge in [-0.25, -0.2) is 0 Å². The molecule has 0 saturated carbocycles. The second-order valence-electron chi connectivity index (χ2n) is 5.83. The molecule has 7 heteroatoms. The summed E-state index contributed by atoms with van der Waals surface area (Å²) >= 11 is 0. The van der Waals surface area contributed by atoms with Gasteiger partial charge in [0.05, 0.1) is 12.1 Å². The van der Waals surface area contributed by atoms with Crippen LogP contribution in [0.4, 0.5) is 0 Å². The van der Waals surface area contributed by atoms with Gasteiger partial charge in [-0.2, -0.15) is 4.98 Å². The molecule has 0 aliphatic rings. The zero-order valence-corrected chi connectivity index (χ0v) is 14.9. The minimum Gasteiger partial charge on any atom is -0.388 e. The lowest BCUT2D eigenvalue weighted by atomic mass is 9.93. The standard InChI is InChI=1S/C16H31N5O2/c1-5-9-16(22,10-6-2)12-19-15(17-7-3)18-11-8-14-20-13(4)21-23-14/h22H,5-12H2,1-4H3,(H2,17,18,19). The number of nitrogens with zero attached hydrogens (tertiary/aromatic N) is 3. The Bertz CT molecular complexity index is 467. The molecule has 0 aliphatic heterocycles. The summed E-state index contributed by atoms with van der Waals surface area (Å²) in [7, 11) is 0. The summed E-state index contributed by atoms with van der Waals surface area (Å²) in [4.78, 5) is 8.71. The van der Waals surface area contributed by atoms with Crippen molar-refractivity contribution in [3.8, 4) is 0 Å². The van der Waals surface area contributed by atoms with Crippen LogP contribution in [-0.4, -0.2) is 46.4 Å². The molecule has 0 atom stereocenters. The predicted molar refractivity (Wildman–Crippen MR) is 91.5 cm³/mol. The van der Waals surface area contributed by atoms with Gasteiger partial charge >= 0.3 is 0 Å². The van der Waals surface area contributed by atoms with E-state index in [-0.39, 0.29) is 0 Å². The fourth-order valence-corrected chi connectivity index (χ4v) is 2.51. The van der Waals surface area contributed by atoms with E-state index < -0.39 is 5.60 Å². The number of aliphatic imine (C=N–C) groups is 1. The second kappa shape index (κ2) is 10.2. The molecule has 0 fully saturated rings. The number of nitrogens with one attached hydrogen (secondary N) is 2. The Morgan fingerprint density at radius 1 is 1.22 bits per heavy atom. The minimum atomic E-state index is -0.713. The fraction of sp³-hybridized carbons (Fsp3) is 0.812. The Hall–Kier alpha value is -1.63. The zero-order chi connectivity index (χ0) is 17.1. The summed E-state index contributed by atoms with van der Waals surface area (Å²) in [5.74, 6) is 1.96. The van der Waals surface area contributed by atoms with E-state index in [1.807, 2.05) is 6.92 Å². The van der Waals surface area contributed by atoms with Crippen LogP contribution in [-0.2, 0) is 6.42 Å². The highest BCUT2D eigenvalue weighted by Crippen LogP contribution is 2.19. The first-order chi connectivity index (χ1) is 11.0. The van der Waals surface area contributed by atoms with Gasteiger partial charge in [-0.3, -0.25) is 4.99 Å². The highest BCUT2D eigenvalue weighted by Gasteiger charge is 2.24. The molecule has 1 aromatic heterocycles. The lowest BCUT2D eigenvalue weighted by molar-refractivity contribution is 0.0306. The van der Waals surface area contributed by atoms with E-state index in [2.05, 4.69) is 39.6 Å². The van der Waals surface area contributed by atoms with Crippen molar-refractivity contribution >= 4 is 5.96 Å². The Labute approximate surface area is 139 Å². The molecule has 0 radical (unpaired) electrons. The van der Waals surface area contributed by atoms with Crippen LogP contribution < -0.4 is 10.6 Å². The Kier molecular flexibility index (Phi) is 8.61. The summed E-state index contributed by atoms with van der Waals surface area (Å²) in [6.45, 7) is 9.81. The highest BCUT2D eigenvalue weighted by molar-refractivity contribution is 5.79. The van der Waals surface area contributed by atoms with Gasteiger partial charge in [-0.05, 0) is 26.7 Å². The van der Waals surface area contributed by atoms with Crippen LogP contribution >= 0.6 is 0 Å². The van der Waals surface area contributed by atoms with Crippen molar-refractivity contribution in [3.05, 3.63) is 11.7 Å². The number of hydrogen-bond donors (Lipinski definition) is 3. The quantitative estimate of drug-likeness (QED) is 0.448. The molecule has 0 saturated heterocycles. The third-order valence-corrected chi connectivity index (χ3v) is 3.51. The van der Waals surface area contributed by atoms with Crippen molar-refractivity contribution in [1.82, 2.24) is 20.8 Å². The summed E-state index contributed by atoms with van der Waals surface area (Å²) in [6, 6.07) is 0. The van der Waals surface area contributed by atoms with Gasteiger partial charge in [0.25, 0.3) is 0 Å². The lowest BCUT2D eigenvalue weighted by Gasteiger charge is -2.26. The molecule has 0 unspecified atom stereocenters. The smallest absolute Gasteiger partial charge is 0.228 e. The molecular formula is C16H31N5O2. The van der Waals surface area contributed by atoms with Crippen LogP contribution in [0.1, 0.15) is 58.2 Å². The fourth-order valence-electron chi connectivity index (χ4n) is 2.51. The molecule has 0 aliphatic carbocycles. The number of aliphatic hydroxyl groups is 1. The number of aryl methyl sites for hydroxylation is 1. The zero-order valence-electron chi connectivity index (χ0n) is 14.9. The van der Waals surface area contributed by atoms with Gasteiger partial charge in [0, 0.05) is 19.5 Å². The van der Waals surface area contributed by atoms with E-state index in [0.29, 0.717) is 37.2 Å². The average molecular weight is 325 g/mol. The first-order valence-corrected chi connectivity index (χ1v) is 8.56. The second-order valence-corrected chi connectivity index (χ2v) is 5.83. The third-order valence-electron chi connectivity index (χ3n) is 3.51. The van der Waals surface area contributed by atoms with E-state index >= 15 is 0 Å². The topological polar surface area (TPSA) is 95.6 Å². The molecule has 0 bridgehead atoms. The van der Waals surface area contributed by atoms with Gasteiger partial charge in [0.1, 0.15) is 0 Å². The number of aromatic nitrogens is 2. The Balaban J connectivity index is 2.54. The van der Waals surface area contributed by atoms with Gasteiger partial charge in [-0.1, -0.05) is 31.8 Å². The molecule has 0 amide bonds. The summed E-state index contributed by atoms with van der Waals surface area (Å²) in [5.41, 5.74) is -0.713. The van der Waals surface area contributed by atoms with Crippen LogP contribution in [0.3, 0.4) is 0 Å². The van der Waals surface area contributed by atoms with Crippen molar-refractivity contribution in [2.24, 2.45) is 4.99 Å². The molecule has 3 N–H and O–H groups in total. The maximum atomic E-state index is 10.6. The number of hydrogen-bond acceptors (Lipinski definition) is 5. The normalized spacial score (nSPS) is 12.5. The Morgan fingerprint density at radius 2 is 1.91 bits per heavy atom. The maximum Gasteiger partial charge on any atom is 0.228 e. The lowest BCUT2D eigenvalue weighted by Crippen LogP contribution is -2.40. The van der Waals surface area contributed by atoms with Crippen LogP contribution in [0, 0.1) is 6.92 Å². The minimum absolute atomic E-state index is 0.406. The summed E-state index contributed by atoms with van der Waals surface area (Å²) in [6.07, 6.45) is 4.08. The molecule has 1 heterocycles. The largest absolute Gasteiger partial charge is 0.388 e. The van der Waals surface area contributed by atoms with Gasteiger partial charge in [-0.15, -0.1) is 0 Å². The van der Waals surface area contributed by atoms with E-state index in [1.165, 1.54) is 0 Å².